The van der Waals surface area contributed by atoms with Gasteiger partial charge in [0.05, 0.1) is 17.1 Å². The van der Waals surface area contributed by atoms with Crippen LogP contribution in [0.2, 0.25) is 0 Å². The summed E-state index contributed by atoms with van der Waals surface area (Å²) in [6.45, 7) is 7.07. The normalized spacial score (nSPS) is 18.4. The lowest BCUT2D eigenvalue weighted by molar-refractivity contribution is 0.0695. The van der Waals surface area contributed by atoms with Gasteiger partial charge in [-0.3, -0.25) is 4.79 Å². The van der Waals surface area contributed by atoms with Crippen LogP contribution in [0.15, 0.2) is 12.3 Å². The van der Waals surface area contributed by atoms with E-state index in [4.69, 9.17) is 4.98 Å². The van der Waals surface area contributed by atoms with Crippen LogP contribution in [0.4, 0.5) is 0 Å². The van der Waals surface area contributed by atoms with E-state index in [0.29, 0.717) is 12.0 Å². The molecule has 0 bridgehead atoms. The first-order valence-electron chi connectivity index (χ1n) is 9.79. The van der Waals surface area contributed by atoms with Gasteiger partial charge in [-0.2, -0.15) is 5.10 Å². The number of hydrogen-bond acceptors (Lipinski definition) is 3. The molecule has 4 rings (SSSR count). The Morgan fingerprint density at radius 3 is 2.60 bits per heavy atom. The average molecular weight is 340 g/mol. The van der Waals surface area contributed by atoms with Gasteiger partial charge >= 0.3 is 0 Å². The van der Waals surface area contributed by atoms with Crippen LogP contribution in [0.1, 0.15) is 87.3 Å². The summed E-state index contributed by atoms with van der Waals surface area (Å²) in [6, 6.07) is 2.68. The molecular formula is C20H28N4O. The molecule has 0 aromatic carbocycles. The lowest BCUT2D eigenvalue weighted by atomic mass is 10.1. The van der Waals surface area contributed by atoms with Crippen molar-refractivity contribution >= 4 is 16.9 Å². The summed E-state index contributed by atoms with van der Waals surface area (Å²) in [5.41, 5.74) is 2.73. The summed E-state index contributed by atoms with van der Waals surface area (Å²) in [5.74, 6) is 0.681. The fourth-order valence-corrected chi connectivity index (χ4v) is 4.12. The minimum absolute atomic E-state index is 0.159. The number of fused-ring (bicyclic) bond motifs is 1. The fourth-order valence-electron chi connectivity index (χ4n) is 4.12. The van der Waals surface area contributed by atoms with Crippen molar-refractivity contribution in [3.63, 3.8) is 0 Å². The van der Waals surface area contributed by atoms with Gasteiger partial charge in [-0.15, -0.1) is 0 Å². The monoisotopic (exact) mass is 340 g/mol. The van der Waals surface area contributed by atoms with Crippen molar-refractivity contribution in [3.05, 3.63) is 23.5 Å². The van der Waals surface area contributed by atoms with E-state index in [2.05, 4.69) is 30.8 Å². The van der Waals surface area contributed by atoms with Crippen LogP contribution >= 0.6 is 0 Å². The molecule has 134 valence electrons. The van der Waals surface area contributed by atoms with Crippen LogP contribution in [-0.2, 0) is 0 Å². The molecule has 0 atom stereocenters. The van der Waals surface area contributed by atoms with Crippen molar-refractivity contribution in [2.75, 3.05) is 6.54 Å². The first-order chi connectivity index (χ1) is 12.1. The van der Waals surface area contributed by atoms with E-state index in [0.717, 1.165) is 41.7 Å². The molecule has 0 unspecified atom stereocenters. The highest BCUT2D eigenvalue weighted by Crippen LogP contribution is 2.40. The molecule has 25 heavy (non-hydrogen) atoms. The first kappa shape index (κ1) is 16.6. The predicted octanol–water partition coefficient (Wildman–Crippen LogP) is 4.29. The standard InChI is InChI=1S/C20H28N4O/c1-4-23(15-7-5-6-8-15)20(25)16-11-18(14-9-10-14)22-19-17(16)12-21-24(19)13(2)3/h11-15H,4-10H2,1-3H3. The molecule has 5 heteroatoms. The number of pyridine rings is 1. The quantitative estimate of drug-likeness (QED) is 0.815. The second kappa shape index (κ2) is 6.43. The number of aromatic nitrogens is 3. The van der Waals surface area contributed by atoms with Gasteiger partial charge in [-0.1, -0.05) is 12.8 Å². The van der Waals surface area contributed by atoms with Crippen LogP contribution in [0.5, 0.6) is 0 Å². The topological polar surface area (TPSA) is 51.0 Å². The number of carbonyl (C=O) groups is 1. The summed E-state index contributed by atoms with van der Waals surface area (Å²) in [6.07, 6.45) is 8.93. The molecule has 0 radical (unpaired) electrons. The highest BCUT2D eigenvalue weighted by Gasteiger charge is 2.31. The second-order valence-electron chi connectivity index (χ2n) is 7.82. The zero-order valence-electron chi connectivity index (χ0n) is 15.5. The number of nitrogens with zero attached hydrogens (tertiary/aromatic N) is 4. The van der Waals surface area contributed by atoms with Gasteiger partial charge in [-0.05, 0) is 52.5 Å². The largest absolute Gasteiger partial charge is 0.336 e. The maximum atomic E-state index is 13.4. The number of rotatable bonds is 5. The van der Waals surface area contributed by atoms with Gasteiger partial charge in [0.2, 0.25) is 0 Å². The molecular weight excluding hydrogens is 312 g/mol. The summed E-state index contributed by atoms with van der Waals surface area (Å²) in [5, 5.41) is 5.43. The lowest BCUT2D eigenvalue weighted by Crippen LogP contribution is -2.38. The Labute approximate surface area is 149 Å². The van der Waals surface area contributed by atoms with Gasteiger partial charge in [0, 0.05) is 30.2 Å². The van der Waals surface area contributed by atoms with Crippen molar-refractivity contribution in [2.24, 2.45) is 0 Å². The Hall–Kier alpha value is -1.91. The van der Waals surface area contributed by atoms with Gasteiger partial charge < -0.3 is 4.90 Å². The van der Waals surface area contributed by atoms with E-state index in [-0.39, 0.29) is 11.9 Å². The van der Waals surface area contributed by atoms with Gasteiger partial charge in [0.25, 0.3) is 5.91 Å². The third kappa shape index (κ3) is 2.94. The number of carbonyl (C=O) groups excluding carboxylic acids is 1. The SMILES string of the molecule is CCN(C(=O)c1cc(C2CC2)nc2c1cnn2C(C)C)C1CCCC1. The summed E-state index contributed by atoms with van der Waals surface area (Å²) in [7, 11) is 0. The molecule has 0 saturated heterocycles. The highest BCUT2D eigenvalue weighted by molar-refractivity contribution is 6.05. The molecule has 0 N–H and O–H groups in total. The number of amides is 1. The summed E-state index contributed by atoms with van der Waals surface area (Å²) in [4.78, 5) is 20.4. The van der Waals surface area contributed by atoms with Crippen molar-refractivity contribution in [1.29, 1.82) is 0 Å². The van der Waals surface area contributed by atoms with Gasteiger partial charge in [0.15, 0.2) is 5.65 Å². The molecule has 1 amide bonds. The van der Waals surface area contributed by atoms with E-state index in [1.54, 1.807) is 0 Å². The Kier molecular flexibility index (Phi) is 4.26. The summed E-state index contributed by atoms with van der Waals surface area (Å²) >= 11 is 0. The summed E-state index contributed by atoms with van der Waals surface area (Å²) < 4.78 is 1.95. The van der Waals surface area contributed by atoms with Crippen LogP contribution in [0, 0.1) is 0 Å². The van der Waals surface area contributed by atoms with Crippen molar-refractivity contribution in [1.82, 2.24) is 19.7 Å². The maximum Gasteiger partial charge on any atom is 0.254 e. The fraction of sp³-hybridized carbons (Fsp3) is 0.650. The molecule has 2 aromatic rings. The zero-order valence-corrected chi connectivity index (χ0v) is 15.5. The molecule has 2 heterocycles. The predicted molar refractivity (Wildman–Crippen MR) is 98.9 cm³/mol. The van der Waals surface area contributed by atoms with Crippen LogP contribution in [0.25, 0.3) is 11.0 Å². The highest BCUT2D eigenvalue weighted by atomic mass is 16.2. The minimum Gasteiger partial charge on any atom is -0.336 e. The van der Waals surface area contributed by atoms with E-state index >= 15 is 0 Å². The second-order valence-corrected chi connectivity index (χ2v) is 7.82. The van der Waals surface area contributed by atoms with E-state index in [9.17, 15) is 4.79 Å². The van der Waals surface area contributed by atoms with E-state index < -0.39 is 0 Å². The molecule has 0 aliphatic heterocycles. The van der Waals surface area contributed by atoms with E-state index in [1.807, 2.05) is 16.9 Å². The smallest absolute Gasteiger partial charge is 0.254 e. The van der Waals surface area contributed by atoms with Gasteiger partial charge in [0.1, 0.15) is 0 Å². The Morgan fingerprint density at radius 1 is 1.28 bits per heavy atom. The van der Waals surface area contributed by atoms with Crippen molar-refractivity contribution < 1.29 is 4.79 Å². The molecule has 2 aliphatic carbocycles. The molecule has 2 aromatic heterocycles. The average Bonchev–Trinajstić information content (AvgIpc) is 3.14. The molecule has 5 nitrogen and oxygen atoms in total. The molecule has 0 spiro atoms. The minimum atomic E-state index is 0.159. The maximum absolute atomic E-state index is 13.4. The third-order valence-corrected chi connectivity index (χ3v) is 5.67. The van der Waals surface area contributed by atoms with Gasteiger partial charge in [-0.25, -0.2) is 9.67 Å². The van der Waals surface area contributed by atoms with Crippen LogP contribution in [-0.4, -0.2) is 38.2 Å². The Balaban J connectivity index is 1.80. The zero-order chi connectivity index (χ0) is 17.6. The van der Waals surface area contributed by atoms with Crippen molar-refractivity contribution in [2.45, 2.75) is 77.3 Å². The molecule has 2 aliphatic rings. The van der Waals surface area contributed by atoms with Crippen LogP contribution < -0.4 is 0 Å². The number of hydrogen-bond donors (Lipinski definition) is 0. The first-order valence-corrected chi connectivity index (χ1v) is 9.79. The Morgan fingerprint density at radius 2 is 2.00 bits per heavy atom. The molecule has 2 fully saturated rings. The van der Waals surface area contributed by atoms with Crippen molar-refractivity contribution in [3.8, 4) is 0 Å². The molecule has 2 saturated carbocycles. The lowest BCUT2D eigenvalue weighted by Gasteiger charge is -2.28. The van der Waals surface area contributed by atoms with E-state index in [1.165, 1.54) is 25.7 Å². The van der Waals surface area contributed by atoms with Crippen LogP contribution in [0.3, 0.4) is 0 Å². The third-order valence-electron chi connectivity index (χ3n) is 5.67. The Bertz CT molecular complexity index is 784.